The molecule has 0 aliphatic rings. The third kappa shape index (κ3) is 5.84. The number of carboxylic acid groups (broad SMARTS) is 1. The first-order valence-electron chi connectivity index (χ1n) is 8.81. The molecule has 7 nitrogen and oxygen atoms in total. The minimum Gasteiger partial charge on any atom is -0.493 e. The molecule has 0 fully saturated rings. The predicted octanol–water partition coefficient (Wildman–Crippen LogP) is 3.17. The van der Waals surface area contributed by atoms with Gasteiger partial charge in [-0.2, -0.15) is 0 Å². The summed E-state index contributed by atoms with van der Waals surface area (Å²) in [5, 5.41) is 9.08. The lowest BCUT2D eigenvalue weighted by molar-refractivity contribution is -0.136. The van der Waals surface area contributed by atoms with Gasteiger partial charge < -0.3 is 19.5 Å². The first-order valence-corrected chi connectivity index (χ1v) is 8.81. The van der Waals surface area contributed by atoms with Crippen LogP contribution in [0.1, 0.15) is 30.1 Å². The van der Waals surface area contributed by atoms with Crippen molar-refractivity contribution in [1.82, 2.24) is 0 Å². The molecule has 0 aliphatic carbocycles. The Morgan fingerprint density at radius 1 is 1.04 bits per heavy atom. The van der Waals surface area contributed by atoms with Gasteiger partial charge in [-0.25, -0.2) is 0 Å². The molecule has 7 heteroatoms. The maximum absolute atomic E-state index is 12.5. The van der Waals surface area contributed by atoms with Crippen LogP contribution in [0.2, 0.25) is 0 Å². The van der Waals surface area contributed by atoms with Crippen molar-refractivity contribution < 1.29 is 29.0 Å². The van der Waals surface area contributed by atoms with Crippen LogP contribution in [-0.2, 0) is 9.59 Å². The van der Waals surface area contributed by atoms with E-state index in [0.717, 1.165) is 0 Å². The van der Waals surface area contributed by atoms with Crippen molar-refractivity contribution in [3.8, 4) is 11.5 Å². The standard InChI is InChI=1S/C21H23NO6/c1-15(23)16-10-11-18(19(13-16)27-2)28-12-6-9-20(24)22(14-21(25)26)17-7-4-3-5-8-17/h3-5,7-8,10-11,13H,6,9,12,14H2,1-2H3,(H,25,26). The van der Waals surface area contributed by atoms with Crippen LogP contribution >= 0.6 is 0 Å². The van der Waals surface area contributed by atoms with Gasteiger partial charge in [-0.3, -0.25) is 14.4 Å². The fraction of sp³-hybridized carbons (Fsp3) is 0.286. The molecule has 0 atom stereocenters. The molecule has 0 heterocycles. The largest absolute Gasteiger partial charge is 0.493 e. The van der Waals surface area contributed by atoms with Gasteiger partial charge in [-0.15, -0.1) is 0 Å². The van der Waals surface area contributed by atoms with Crippen molar-refractivity contribution in [2.24, 2.45) is 0 Å². The number of ketones is 1. The number of carbonyl (C=O) groups is 3. The number of amides is 1. The quantitative estimate of drug-likeness (QED) is 0.499. The number of anilines is 1. The SMILES string of the molecule is COc1cc(C(C)=O)ccc1OCCCC(=O)N(CC(=O)O)c1ccccc1. The fourth-order valence-corrected chi connectivity index (χ4v) is 2.61. The van der Waals surface area contributed by atoms with Gasteiger partial charge in [0, 0.05) is 17.7 Å². The van der Waals surface area contributed by atoms with Gasteiger partial charge in [-0.1, -0.05) is 18.2 Å². The van der Waals surface area contributed by atoms with Crippen LogP contribution in [-0.4, -0.2) is 43.0 Å². The van der Waals surface area contributed by atoms with Crippen LogP contribution in [0.15, 0.2) is 48.5 Å². The number of carboxylic acids is 1. The summed E-state index contributed by atoms with van der Waals surface area (Å²) in [6, 6.07) is 13.6. The van der Waals surface area contributed by atoms with Gasteiger partial charge in [0.05, 0.1) is 13.7 Å². The van der Waals surface area contributed by atoms with Crippen molar-refractivity contribution >= 4 is 23.3 Å². The van der Waals surface area contributed by atoms with Crippen molar-refractivity contribution in [3.05, 3.63) is 54.1 Å². The molecule has 0 aliphatic heterocycles. The van der Waals surface area contributed by atoms with Crippen LogP contribution < -0.4 is 14.4 Å². The van der Waals surface area contributed by atoms with E-state index in [-0.39, 0.29) is 24.7 Å². The second kappa shape index (κ2) is 10.1. The fourth-order valence-electron chi connectivity index (χ4n) is 2.61. The second-order valence-corrected chi connectivity index (χ2v) is 6.08. The molecule has 148 valence electrons. The summed E-state index contributed by atoms with van der Waals surface area (Å²) in [6.45, 7) is 1.32. The average molecular weight is 385 g/mol. The number of hydrogen-bond acceptors (Lipinski definition) is 5. The van der Waals surface area contributed by atoms with E-state index < -0.39 is 12.5 Å². The van der Waals surface area contributed by atoms with Crippen LogP contribution in [0.3, 0.4) is 0 Å². The number of rotatable bonds is 10. The Hall–Kier alpha value is -3.35. The molecule has 0 saturated carbocycles. The van der Waals surface area contributed by atoms with Gasteiger partial charge in [0.15, 0.2) is 17.3 Å². The van der Waals surface area contributed by atoms with Crippen LogP contribution in [0.4, 0.5) is 5.69 Å². The molecule has 2 rings (SSSR count). The lowest BCUT2D eigenvalue weighted by Gasteiger charge is -2.21. The van der Waals surface area contributed by atoms with Gasteiger partial charge in [-0.05, 0) is 43.7 Å². The lowest BCUT2D eigenvalue weighted by atomic mass is 10.1. The summed E-state index contributed by atoms with van der Waals surface area (Å²) in [6.07, 6.45) is 0.537. The topological polar surface area (TPSA) is 93.1 Å². The molecule has 0 saturated heterocycles. The number of methoxy groups -OCH3 is 1. The van der Waals surface area contributed by atoms with Crippen molar-refractivity contribution in [2.75, 3.05) is 25.2 Å². The molecule has 0 radical (unpaired) electrons. The normalized spacial score (nSPS) is 10.2. The first-order chi connectivity index (χ1) is 13.4. The number of nitrogens with zero attached hydrogens (tertiary/aromatic N) is 1. The molecule has 0 aromatic heterocycles. The number of ether oxygens (including phenoxy) is 2. The van der Waals surface area contributed by atoms with E-state index in [1.54, 1.807) is 48.5 Å². The third-order valence-electron chi connectivity index (χ3n) is 4.02. The summed E-state index contributed by atoms with van der Waals surface area (Å²) in [5.74, 6) is -0.532. The van der Waals surface area contributed by atoms with Crippen molar-refractivity contribution in [1.29, 1.82) is 0 Å². The number of carbonyl (C=O) groups excluding carboxylic acids is 2. The predicted molar refractivity (Wildman–Crippen MR) is 104 cm³/mol. The number of benzene rings is 2. The Balaban J connectivity index is 1.93. The van der Waals surface area contributed by atoms with E-state index in [1.807, 2.05) is 0 Å². The second-order valence-electron chi connectivity index (χ2n) is 6.08. The summed E-state index contributed by atoms with van der Waals surface area (Å²) < 4.78 is 10.9. The molecular weight excluding hydrogens is 362 g/mol. The number of Topliss-reactive ketones (excluding diaryl/α,β-unsaturated/α-hetero) is 1. The Morgan fingerprint density at radius 3 is 2.36 bits per heavy atom. The molecule has 0 spiro atoms. The van der Waals surface area contributed by atoms with Crippen molar-refractivity contribution in [2.45, 2.75) is 19.8 Å². The molecule has 2 aromatic rings. The number of para-hydroxylation sites is 1. The maximum atomic E-state index is 12.5. The zero-order valence-corrected chi connectivity index (χ0v) is 15.9. The zero-order chi connectivity index (χ0) is 20.5. The minimum atomic E-state index is -1.08. The van der Waals surface area contributed by atoms with Crippen LogP contribution in [0.5, 0.6) is 11.5 Å². The molecule has 0 unspecified atom stereocenters. The molecule has 1 N–H and O–H groups in total. The smallest absolute Gasteiger partial charge is 0.323 e. The molecular formula is C21H23NO6. The Kier molecular flexibility index (Phi) is 7.56. The number of hydrogen-bond donors (Lipinski definition) is 1. The van der Waals surface area contributed by atoms with Crippen LogP contribution in [0, 0.1) is 0 Å². The van der Waals surface area contributed by atoms with E-state index in [2.05, 4.69) is 0 Å². The van der Waals surface area contributed by atoms with Gasteiger partial charge >= 0.3 is 5.97 Å². The summed E-state index contributed by atoms with van der Waals surface area (Å²) >= 11 is 0. The summed E-state index contributed by atoms with van der Waals surface area (Å²) in [7, 11) is 1.49. The highest BCUT2D eigenvalue weighted by atomic mass is 16.5. The highest BCUT2D eigenvalue weighted by Gasteiger charge is 2.18. The Morgan fingerprint density at radius 2 is 1.75 bits per heavy atom. The maximum Gasteiger partial charge on any atom is 0.323 e. The zero-order valence-electron chi connectivity index (χ0n) is 15.9. The minimum absolute atomic E-state index is 0.0742. The molecule has 1 amide bonds. The number of aliphatic carboxylic acids is 1. The molecule has 2 aromatic carbocycles. The van der Waals surface area contributed by atoms with Gasteiger partial charge in [0.25, 0.3) is 0 Å². The highest BCUT2D eigenvalue weighted by Crippen LogP contribution is 2.28. The molecule has 0 bridgehead atoms. The van der Waals surface area contributed by atoms with Gasteiger partial charge in [0.2, 0.25) is 5.91 Å². The molecule has 28 heavy (non-hydrogen) atoms. The van der Waals surface area contributed by atoms with Gasteiger partial charge in [0.1, 0.15) is 6.54 Å². The highest BCUT2D eigenvalue weighted by molar-refractivity contribution is 5.97. The van der Waals surface area contributed by atoms with Crippen molar-refractivity contribution in [3.63, 3.8) is 0 Å². The Labute approximate surface area is 163 Å². The monoisotopic (exact) mass is 385 g/mol. The van der Waals surface area contributed by atoms with E-state index in [4.69, 9.17) is 14.6 Å². The van der Waals surface area contributed by atoms with E-state index >= 15 is 0 Å². The summed E-state index contributed by atoms with van der Waals surface area (Å²) in [4.78, 5) is 36.2. The first kappa shape index (κ1) is 21.0. The average Bonchev–Trinajstić information content (AvgIpc) is 2.69. The van der Waals surface area contributed by atoms with Crippen LogP contribution in [0.25, 0.3) is 0 Å². The third-order valence-corrected chi connectivity index (χ3v) is 4.02. The summed E-state index contributed by atoms with van der Waals surface area (Å²) in [5.41, 5.74) is 1.06. The van der Waals surface area contributed by atoms with E-state index in [9.17, 15) is 14.4 Å². The van der Waals surface area contributed by atoms with E-state index in [1.165, 1.54) is 18.9 Å². The Bertz CT molecular complexity index is 834. The van der Waals surface area contributed by atoms with E-state index in [0.29, 0.717) is 29.2 Å². The lowest BCUT2D eigenvalue weighted by Crippen LogP contribution is -2.35.